The van der Waals surface area contributed by atoms with Gasteiger partial charge in [-0.2, -0.15) is 0 Å². The van der Waals surface area contributed by atoms with Gasteiger partial charge in [0.1, 0.15) is 0 Å². The van der Waals surface area contributed by atoms with E-state index in [9.17, 15) is 14.2 Å². The molecule has 1 aliphatic carbocycles. The number of hydrogen-bond acceptors (Lipinski definition) is 4. The van der Waals surface area contributed by atoms with Crippen LogP contribution in [-0.2, 0) is 14.1 Å². The molecule has 1 aliphatic rings. The lowest BCUT2D eigenvalue weighted by molar-refractivity contribution is -0.150. The fourth-order valence-electron chi connectivity index (χ4n) is 4.85. The van der Waals surface area contributed by atoms with Gasteiger partial charge in [0, 0.05) is 5.56 Å². The zero-order chi connectivity index (χ0) is 21.7. The molecule has 0 bridgehead atoms. The largest absolute Gasteiger partial charge is 0.465 e. The van der Waals surface area contributed by atoms with Gasteiger partial charge in [-0.3, -0.25) is 14.2 Å². The van der Waals surface area contributed by atoms with Crippen LogP contribution in [0.25, 0.3) is 0 Å². The average Bonchev–Trinajstić information content (AvgIpc) is 2.70. The molecule has 5 heteroatoms. The van der Waals surface area contributed by atoms with Gasteiger partial charge >= 0.3 is 5.97 Å². The van der Waals surface area contributed by atoms with Gasteiger partial charge in [-0.25, -0.2) is 0 Å². The van der Waals surface area contributed by atoms with Crippen LogP contribution in [0.3, 0.4) is 0 Å². The highest BCUT2D eigenvalue weighted by molar-refractivity contribution is 7.28. The number of benzene rings is 1. The quantitative estimate of drug-likeness (QED) is 0.198. The Balaban J connectivity index is 2.49. The van der Waals surface area contributed by atoms with Crippen LogP contribution >= 0.6 is 8.46 Å². The van der Waals surface area contributed by atoms with Crippen molar-refractivity contribution in [2.24, 2.45) is 5.41 Å². The molecule has 1 atom stereocenters. The van der Waals surface area contributed by atoms with Gasteiger partial charge in [0.25, 0.3) is 0 Å². The minimum Gasteiger partial charge on any atom is -0.465 e. The van der Waals surface area contributed by atoms with Crippen LogP contribution in [0.2, 0.25) is 0 Å². The van der Waals surface area contributed by atoms with Gasteiger partial charge < -0.3 is 4.74 Å². The van der Waals surface area contributed by atoms with E-state index in [1.165, 1.54) is 0 Å². The van der Waals surface area contributed by atoms with Crippen molar-refractivity contribution in [1.82, 2.24) is 0 Å². The van der Waals surface area contributed by atoms with Crippen LogP contribution in [-0.4, -0.2) is 23.5 Å². The highest BCUT2D eigenvalue weighted by Crippen LogP contribution is 2.54. The highest BCUT2D eigenvalue weighted by atomic mass is 31.1. The Morgan fingerprint density at radius 1 is 1.07 bits per heavy atom. The fraction of sp³-hybridized carbons (Fsp3) is 0.667. The Morgan fingerprint density at radius 2 is 1.66 bits per heavy atom. The molecule has 0 amide bonds. The van der Waals surface area contributed by atoms with Crippen LogP contribution in [0.4, 0.5) is 0 Å². The third-order valence-electron chi connectivity index (χ3n) is 6.54. The molecule has 29 heavy (non-hydrogen) atoms. The Kier molecular flexibility index (Phi) is 8.17. The number of ether oxygens (including phenoxy) is 1. The van der Waals surface area contributed by atoms with Crippen molar-refractivity contribution in [2.45, 2.75) is 91.1 Å². The third-order valence-corrected chi connectivity index (χ3v) is 7.51. The first kappa shape index (κ1) is 23.7. The molecular formula is C24H35O4P. The number of carbonyl (C=O) groups is 2. The lowest BCUT2D eigenvalue weighted by Gasteiger charge is -2.44. The number of hydrogen-bond donors (Lipinski definition) is 0. The molecule has 1 aromatic rings. The molecule has 0 aromatic heterocycles. The monoisotopic (exact) mass is 418 g/mol. The van der Waals surface area contributed by atoms with Crippen LogP contribution in [0.5, 0.6) is 0 Å². The summed E-state index contributed by atoms with van der Waals surface area (Å²) in [6, 6.07) is 4.01. The molecule has 1 aromatic carbocycles. The van der Waals surface area contributed by atoms with Crippen molar-refractivity contribution in [3.63, 3.8) is 0 Å². The molecule has 0 aliphatic heterocycles. The fourth-order valence-corrected chi connectivity index (χ4v) is 5.48. The number of aryl methyl sites for hydroxylation is 3. The Hall–Kier alpha value is -1.54. The number of ketones is 1. The minimum absolute atomic E-state index is 0.0523. The van der Waals surface area contributed by atoms with E-state index in [1.807, 2.05) is 32.9 Å². The molecule has 1 unspecified atom stereocenters. The maximum atomic E-state index is 14.0. The van der Waals surface area contributed by atoms with Gasteiger partial charge in [0.2, 0.25) is 0 Å². The molecule has 1 fully saturated rings. The van der Waals surface area contributed by atoms with E-state index in [1.54, 1.807) is 6.92 Å². The van der Waals surface area contributed by atoms with Crippen molar-refractivity contribution in [3.8, 4) is 0 Å². The van der Waals surface area contributed by atoms with Crippen LogP contribution < -0.4 is 0 Å². The summed E-state index contributed by atoms with van der Waals surface area (Å²) < 4.78 is 18.0. The maximum Gasteiger partial charge on any atom is 0.324 e. The van der Waals surface area contributed by atoms with E-state index in [0.29, 0.717) is 25.0 Å². The van der Waals surface area contributed by atoms with Crippen LogP contribution in [0.1, 0.15) is 92.3 Å². The Labute approximate surface area is 177 Å². The lowest BCUT2D eigenvalue weighted by Crippen LogP contribution is -2.54. The van der Waals surface area contributed by atoms with Crippen molar-refractivity contribution in [3.05, 3.63) is 34.4 Å². The van der Waals surface area contributed by atoms with Gasteiger partial charge in [0.15, 0.2) is 19.4 Å². The summed E-state index contributed by atoms with van der Waals surface area (Å²) in [4.78, 5) is 27.2. The summed E-state index contributed by atoms with van der Waals surface area (Å²) in [5, 5.41) is -1.37. The SMILES string of the molecule is CCCCCOC(=O)C(C)(P=O)C1(C(=O)c2c(C)cc(C)cc2C)CCCCC1. The molecule has 2 rings (SSSR count). The summed E-state index contributed by atoms with van der Waals surface area (Å²) >= 11 is 0. The van der Waals surface area contributed by atoms with Gasteiger partial charge in [-0.05, 0) is 58.1 Å². The Bertz CT molecular complexity index is 741. The summed E-state index contributed by atoms with van der Waals surface area (Å²) in [6.07, 6.45) is 6.65. The number of esters is 1. The molecule has 0 spiro atoms. The zero-order valence-electron chi connectivity index (χ0n) is 18.6. The van der Waals surface area contributed by atoms with E-state index in [-0.39, 0.29) is 14.2 Å². The van der Waals surface area contributed by atoms with Gasteiger partial charge in [-0.1, -0.05) is 56.7 Å². The second-order valence-electron chi connectivity index (χ2n) is 8.75. The molecule has 1 saturated carbocycles. The van der Waals surface area contributed by atoms with E-state index in [4.69, 9.17) is 4.74 Å². The minimum atomic E-state index is -1.37. The predicted octanol–water partition coefficient (Wildman–Crippen LogP) is 6.53. The van der Waals surface area contributed by atoms with Gasteiger partial charge in [0.05, 0.1) is 12.0 Å². The van der Waals surface area contributed by atoms with Crippen molar-refractivity contribution in [1.29, 1.82) is 0 Å². The van der Waals surface area contributed by atoms with E-state index >= 15 is 0 Å². The summed E-state index contributed by atoms with van der Waals surface area (Å²) in [7, 11) is -0.339. The smallest absolute Gasteiger partial charge is 0.324 e. The number of carbonyl (C=O) groups excluding carboxylic acids is 2. The average molecular weight is 419 g/mol. The number of Topliss-reactive ketones (excluding diaryl/α,β-unsaturated/α-hetero) is 1. The Morgan fingerprint density at radius 3 is 2.17 bits per heavy atom. The third kappa shape index (κ3) is 4.63. The van der Waals surface area contributed by atoms with Gasteiger partial charge in [-0.15, -0.1) is 0 Å². The van der Waals surface area contributed by atoms with Crippen molar-refractivity contribution in [2.75, 3.05) is 6.61 Å². The first-order chi connectivity index (χ1) is 13.7. The number of unbranched alkanes of at least 4 members (excludes halogenated alkanes) is 2. The standard InChI is InChI=1S/C24H35O4P/c1-6-7-11-14-28-22(26)23(5,29-27)24(12-9-8-10-13-24)21(25)20-18(3)15-17(2)16-19(20)4/h15-16H,6-14H2,1-5H3. The zero-order valence-corrected chi connectivity index (χ0v) is 19.5. The molecule has 0 saturated heterocycles. The molecule has 0 N–H and O–H groups in total. The van der Waals surface area contributed by atoms with Crippen molar-refractivity contribution >= 4 is 20.2 Å². The van der Waals surface area contributed by atoms with Crippen molar-refractivity contribution < 1.29 is 18.9 Å². The maximum absolute atomic E-state index is 14.0. The molecular weight excluding hydrogens is 383 g/mol. The predicted molar refractivity (Wildman–Crippen MR) is 117 cm³/mol. The first-order valence-corrected chi connectivity index (χ1v) is 11.7. The second kappa shape index (κ2) is 9.98. The molecule has 0 heterocycles. The molecule has 160 valence electrons. The lowest BCUT2D eigenvalue weighted by atomic mass is 9.61. The normalized spacial score (nSPS) is 18.2. The number of rotatable bonds is 9. The first-order valence-electron chi connectivity index (χ1n) is 10.9. The summed E-state index contributed by atoms with van der Waals surface area (Å²) in [5.74, 6) is -0.563. The topological polar surface area (TPSA) is 60.4 Å². The molecule has 0 radical (unpaired) electrons. The second-order valence-corrected chi connectivity index (χ2v) is 9.83. The van der Waals surface area contributed by atoms with E-state index < -0.39 is 16.5 Å². The molecule has 4 nitrogen and oxygen atoms in total. The van der Waals surface area contributed by atoms with E-state index in [0.717, 1.165) is 55.2 Å². The summed E-state index contributed by atoms with van der Waals surface area (Å²) in [5.41, 5.74) is 2.61. The highest BCUT2D eigenvalue weighted by Gasteiger charge is 2.60. The van der Waals surface area contributed by atoms with Crippen LogP contribution in [0.15, 0.2) is 12.1 Å². The van der Waals surface area contributed by atoms with Crippen LogP contribution in [0, 0.1) is 26.2 Å². The van der Waals surface area contributed by atoms with E-state index in [2.05, 4.69) is 6.92 Å². The summed E-state index contributed by atoms with van der Waals surface area (Å²) in [6.45, 7) is 9.96.